The Labute approximate surface area is 114 Å². The maximum Gasteiger partial charge on any atom is 0.339 e. The Bertz CT molecular complexity index is 617. The van der Waals surface area contributed by atoms with Crippen molar-refractivity contribution in [2.24, 2.45) is 0 Å². The Hall–Kier alpha value is -2.08. The number of benzene rings is 1. The van der Waals surface area contributed by atoms with Gasteiger partial charge < -0.3 is 10.8 Å². The zero-order valence-electron chi connectivity index (χ0n) is 10.3. The average Bonchev–Trinajstić information content (AvgIpc) is 2.40. The van der Waals surface area contributed by atoms with Gasteiger partial charge in [-0.05, 0) is 30.7 Å². The standard InChI is InChI=1S/C13H13N3O2S/c1-8-4-9(2-3-11(8)14)19-6-12-10(13(17)18)5-15-7-16-12/h2-5,7H,6,14H2,1H3,(H,17,18). The van der Waals surface area contributed by atoms with E-state index in [2.05, 4.69) is 9.97 Å². The number of aromatic nitrogens is 2. The van der Waals surface area contributed by atoms with E-state index in [0.29, 0.717) is 11.4 Å². The van der Waals surface area contributed by atoms with Crippen LogP contribution in [0.4, 0.5) is 5.69 Å². The van der Waals surface area contributed by atoms with Crippen LogP contribution in [-0.4, -0.2) is 21.0 Å². The van der Waals surface area contributed by atoms with Crippen molar-refractivity contribution in [2.45, 2.75) is 17.6 Å². The van der Waals surface area contributed by atoms with Crippen LogP contribution in [0, 0.1) is 6.92 Å². The molecule has 1 aromatic heterocycles. The highest BCUT2D eigenvalue weighted by atomic mass is 32.2. The monoisotopic (exact) mass is 275 g/mol. The van der Waals surface area contributed by atoms with Crippen LogP contribution >= 0.6 is 11.8 Å². The fourth-order valence-corrected chi connectivity index (χ4v) is 2.50. The minimum Gasteiger partial charge on any atom is -0.478 e. The SMILES string of the molecule is Cc1cc(SCc2ncncc2C(=O)O)ccc1N. The topological polar surface area (TPSA) is 89.1 Å². The van der Waals surface area contributed by atoms with E-state index in [1.165, 1.54) is 24.3 Å². The number of nitrogens with two attached hydrogens (primary N) is 1. The second kappa shape index (κ2) is 5.71. The fourth-order valence-electron chi connectivity index (χ4n) is 1.54. The number of nitrogens with zero attached hydrogens (tertiary/aromatic N) is 2. The van der Waals surface area contributed by atoms with Gasteiger partial charge in [0, 0.05) is 22.5 Å². The lowest BCUT2D eigenvalue weighted by atomic mass is 10.2. The third-order valence-electron chi connectivity index (χ3n) is 2.64. The number of carbonyl (C=O) groups is 1. The molecule has 0 bridgehead atoms. The van der Waals surface area contributed by atoms with Gasteiger partial charge in [-0.15, -0.1) is 11.8 Å². The predicted molar refractivity (Wildman–Crippen MR) is 74.1 cm³/mol. The van der Waals surface area contributed by atoms with Gasteiger partial charge in [0.1, 0.15) is 11.9 Å². The fraction of sp³-hybridized carbons (Fsp3) is 0.154. The van der Waals surface area contributed by atoms with Crippen molar-refractivity contribution in [3.05, 3.63) is 47.5 Å². The van der Waals surface area contributed by atoms with Gasteiger partial charge in [0.2, 0.25) is 0 Å². The highest BCUT2D eigenvalue weighted by Gasteiger charge is 2.11. The molecular weight excluding hydrogens is 262 g/mol. The molecule has 1 heterocycles. The quantitative estimate of drug-likeness (QED) is 0.657. The summed E-state index contributed by atoms with van der Waals surface area (Å²) >= 11 is 1.52. The zero-order chi connectivity index (χ0) is 13.8. The van der Waals surface area contributed by atoms with Crippen LogP contribution in [0.5, 0.6) is 0 Å². The van der Waals surface area contributed by atoms with E-state index in [0.717, 1.165) is 16.1 Å². The van der Waals surface area contributed by atoms with Crippen LogP contribution in [0.25, 0.3) is 0 Å². The highest BCUT2D eigenvalue weighted by Crippen LogP contribution is 2.26. The summed E-state index contributed by atoms with van der Waals surface area (Å²) in [5.74, 6) is -0.530. The molecule has 0 fully saturated rings. The van der Waals surface area contributed by atoms with Gasteiger partial charge in [-0.2, -0.15) is 0 Å². The van der Waals surface area contributed by atoms with Gasteiger partial charge in [-0.3, -0.25) is 0 Å². The number of hydrogen-bond acceptors (Lipinski definition) is 5. The summed E-state index contributed by atoms with van der Waals surface area (Å²) < 4.78 is 0. The van der Waals surface area contributed by atoms with E-state index in [4.69, 9.17) is 10.8 Å². The first-order chi connectivity index (χ1) is 9.08. The highest BCUT2D eigenvalue weighted by molar-refractivity contribution is 7.98. The third-order valence-corrected chi connectivity index (χ3v) is 3.65. The number of rotatable bonds is 4. The first-order valence-electron chi connectivity index (χ1n) is 5.59. The van der Waals surface area contributed by atoms with E-state index in [1.807, 2.05) is 25.1 Å². The van der Waals surface area contributed by atoms with Crippen molar-refractivity contribution in [1.82, 2.24) is 9.97 Å². The Morgan fingerprint density at radius 2 is 2.26 bits per heavy atom. The molecule has 0 aliphatic rings. The molecule has 0 aliphatic heterocycles. The van der Waals surface area contributed by atoms with Gasteiger partial charge >= 0.3 is 5.97 Å². The lowest BCUT2D eigenvalue weighted by Gasteiger charge is -2.06. The molecule has 0 unspecified atom stereocenters. The summed E-state index contributed by atoms with van der Waals surface area (Å²) in [5.41, 5.74) is 8.16. The van der Waals surface area contributed by atoms with Crippen LogP contribution in [0.3, 0.4) is 0 Å². The predicted octanol–water partition coefficient (Wildman–Crippen LogP) is 2.36. The van der Waals surface area contributed by atoms with Gasteiger partial charge in [0.25, 0.3) is 0 Å². The molecule has 19 heavy (non-hydrogen) atoms. The second-order valence-electron chi connectivity index (χ2n) is 4.00. The van der Waals surface area contributed by atoms with Crippen LogP contribution in [0.15, 0.2) is 35.6 Å². The maximum absolute atomic E-state index is 11.0. The summed E-state index contributed by atoms with van der Waals surface area (Å²) in [6, 6.07) is 5.73. The molecule has 2 rings (SSSR count). The van der Waals surface area contributed by atoms with Crippen molar-refractivity contribution in [3.8, 4) is 0 Å². The lowest BCUT2D eigenvalue weighted by molar-refractivity contribution is 0.0695. The molecule has 0 saturated carbocycles. The normalized spacial score (nSPS) is 10.4. The number of carboxylic acids is 1. The number of anilines is 1. The van der Waals surface area contributed by atoms with Crippen molar-refractivity contribution < 1.29 is 9.90 Å². The van der Waals surface area contributed by atoms with Gasteiger partial charge in [0.15, 0.2) is 0 Å². The minimum atomic E-state index is -1.01. The molecule has 0 spiro atoms. The lowest BCUT2D eigenvalue weighted by Crippen LogP contribution is -2.04. The summed E-state index contributed by atoms with van der Waals surface area (Å²) in [4.78, 5) is 19.8. The minimum absolute atomic E-state index is 0.141. The van der Waals surface area contributed by atoms with E-state index in [1.54, 1.807) is 0 Å². The molecular formula is C13H13N3O2S. The Balaban J connectivity index is 2.14. The van der Waals surface area contributed by atoms with E-state index in [-0.39, 0.29) is 5.56 Å². The van der Waals surface area contributed by atoms with Crippen molar-refractivity contribution in [2.75, 3.05) is 5.73 Å². The number of carboxylic acid groups (broad SMARTS) is 1. The number of aromatic carboxylic acids is 1. The first-order valence-corrected chi connectivity index (χ1v) is 6.57. The smallest absolute Gasteiger partial charge is 0.339 e. The molecule has 0 atom stereocenters. The maximum atomic E-state index is 11.0. The summed E-state index contributed by atoms with van der Waals surface area (Å²) in [7, 11) is 0. The van der Waals surface area contributed by atoms with Gasteiger partial charge in [-0.25, -0.2) is 14.8 Å². The Morgan fingerprint density at radius 3 is 2.95 bits per heavy atom. The zero-order valence-corrected chi connectivity index (χ0v) is 11.1. The van der Waals surface area contributed by atoms with Crippen molar-refractivity contribution in [1.29, 1.82) is 0 Å². The molecule has 3 N–H and O–H groups in total. The van der Waals surface area contributed by atoms with Crippen molar-refractivity contribution >= 4 is 23.4 Å². The van der Waals surface area contributed by atoms with Crippen molar-refractivity contribution in [3.63, 3.8) is 0 Å². The van der Waals surface area contributed by atoms with E-state index in [9.17, 15) is 4.79 Å². The summed E-state index contributed by atoms with van der Waals surface area (Å²) in [6.45, 7) is 1.94. The van der Waals surface area contributed by atoms with Crippen LogP contribution < -0.4 is 5.73 Å². The van der Waals surface area contributed by atoms with Gasteiger partial charge in [0.05, 0.1) is 5.69 Å². The first kappa shape index (κ1) is 13.4. The van der Waals surface area contributed by atoms with E-state index >= 15 is 0 Å². The average molecular weight is 275 g/mol. The molecule has 1 aromatic carbocycles. The molecule has 5 nitrogen and oxygen atoms in total. The largest absolute Gasteiger partial charge is 0.478 e. The summed E-state index contributed by atoms with van der Waals surface area (Å²) in [5, 5.41) is 9.04. The number of aryl methyl sites for hydroxylation is 1. The number of hydrogen-bond donors (Lipinski definition) is 2. The molecule has 0 aliphatic carbocycles. The number of nitrogen functional groups attached to an aromatic ring is 1. The molecule has 0 radical (unpaired) electrons. The second-order valence-corrected chi connectivity index (χ2v) is 5.04. The van der Waals surface area contributed by atoms with Gasteiger partial charge in [-0.1, -0.05) is 0 Å². The molecule has 0 amide bonds. The molecule has 0 saturated heterocycles. The number of thioether (sulfide) groups is 1. The molecule has 6 heteroatoms. The third kappa shape index (κ3) is 3.23. The molecule has 98 valence electrons. The Kier molecular flexibility index (Phi) is 4.01. The van der Waals surface area contributed by atoms with E-state index < -0.39 is 5.97 Å². The Morgan fingerprint density at radius 1 is 1.47 bits per heavy atom. The summed E-state index contributed by atoms with van der Waals surface area (Å²) in [6.07, 6.45) is 2.68. The molecule has 2 aromatic rings. The van der Waals surface area contributed by atoms with Crippen LogP contribution in [0.2, 0.25) is 0 Å². The van der Waals surface area contributed by atoms with Crippen LogP contribution in [0.1, 0.15) is 21.6 Å². The van der Waals surface area contributed by atoms with Crippen LogP contribution in [-0.2, 0) is 5.75 Å².